The van der Waals surface area contributed by atoms with Gasteiger partial charge in [0.1, 0.15) is 0 Å². The summed E-state index contributed by atoms with van der Waals surface area (Å²) in [5.41, 5.74) is 0. The van der Waals surface area contributed by atoms with E-state index in [-0.39, 0.29) is 0 Å². The molecule has 4 rings (SSSR count). The molecule has 0 aromatic rings. The highest BCUT2D eigenvalue weighted by Gasteiger charge is 2.76. The number of hydrogen-bond donors (Lipinski definition) is 0. The molecule has 0 N–H and O–H groups in total. The first-order valence-electron chi connectivity index (χ1n) is 7.23. The van der Waals surface area contributed by atoms with Gasteiger partial charge in [-0.1, -0.05) is 38.5 Å². The van der Waals surface area contributed by atoms with Crippen molar-refractivity contribution < 1.29 is 0 Å². The van der Waals surface area contributed by atoms with Gasteiger partial charge in [0, 0.05) is 20.0 Å². The zero-order valence-electron chi connectivity index (χ0n) is 10.0. The Bertz CT molecular complexity index is 273. The maximum Gasteiger partial charge on any atom is 0.0439 e. The topological polar surface area (TPSA) is 0 Å². The molecule has 0 spiro atoms. The van der Waals surface area contributed by atoms with Crippen LogP contribution in [0.2, 0.25) is 0 Å². The highest BCUT2D eigenvalue weighted by molar-refractivity contribution is 8.14. The lowest BCUT2D eigenvalue weighted by Crippen LogP contribution is -2.35. The molecule has 0 radical (unpaired) electrons. The van der Waals surface area contributed by atoms with Crippen molar-refractivity contribution >= 4 is 23.5 Å². The van der Waals surface area contributed by atoms with Crippen LogP contribution in [0.4, 0.5) is 0 Å². The molecular formula is C14H22S2. The van der Waals surface area contributed by atoms with Crippen molar-refractivity contribution in [2.75, 3.05) is 0 Å². The van der Waals surface area contributed by atoms with Crippen molar-refractivity contribution in [1.82, 2.24) is 0 Å². The van der Waals surface area contributed by atoms with Gasteiger partial charge in [0.15, 0.2) is 0 Å². The summed E-state index contributed by atoms with van der Waals surface area (Å²) in [5, 5.41) is 2.15. The highest BCUT2D eigenvalue weighted by atomic mass is 32.2. The summed E-state index contributed by atoms with van der Waals surface area (Å²) in [5.74, 6) is 0. The number of hydrogen-bond acceptors (Lipinski definition) is 2. The van der Waals surface area contributed by atoms with Crippen LogP contribution in [0, 0.1) is 0 Å². The van der Waals surface area contributed by atoms with Crippen LogP contribution in [0.25, 0.3) is 0 Å². The van der Waals surface area contributed by atoms with Crippen molar-refractivity contribution in [3.8, 4) is 0 Å². The Hall–Kier alpha value is 0.700. The molecule has 0 aromatic carbocycles. The predicted molar refractivity (Wildman–Crippen MR) is 74.4 cm³/mol. The Morgan fingerprint density at radius 1 is 0.625 bits per heavy atom. The lowest BCUT2D eigenvalue weighted by molar-refractivity contribution is 0.444. The Labute approximate surface area is 108 Å². The molecule has 2 heteroatoms. The minimum atomic E-state index is 0.781. The minimum absolute atomic E-state index is 0.781. The molecule has 2 aliphatic heterocycles. The maximum absolute atomic E-state index is 2.40. The van der Waals surface area contributed by atoms with Crippen LogP contribution in [0.3, 0.4) is 0 Å². The van der Waals surface area contributed by atoms with Crippen LogP contribution >= 0.6 is 23.5 Å². The van der Waals surface area contributed by atoms with Crippen molar-refractivity contribution in [3.05, 3.63) is 0 Å². The van der Waals surface area contributed by atoms with Gasteiger partial charge in [-0.05, 0) is 25.7 Å². The highest BCUT2D eigenvalue weighted by Crippen LogP contribution is 2.79. The van der Waals surface area contributed by atoms with E-state index in [1.165, 1.54) is 38.5 Å². The van der Waals surface area contributed by atoms with E-state index in [0.717, 1.165) is 20.0 Å². The molecule has 0 amide bonds. The number of thioether (sulfide) groups is 2. The van der Waals surface area contributed by atoms with Crippen LogP contribution in [0.15, 0.2) is 0 Å². The van der Waals surface area contributed by atoms with E-state index in [4.69, 9.17) is 0 Å². The lowest BCUT2D eigenvalue weighted by Gasteiger charge is -2.25. The smallest absolute Gasteiger partial charge is 0.0439 e. The zero-order valence-corrected chi connectivity index (χ0v) is 11.7. The molecule has 2 saturated heterocycles. The van der Waals surface area contributed by atoms with E-state index in [9.17, 15) is 0 Å². The Morgan fingerprint density at radius 3 is 1.62 bits per heavy atom. The van der Waals surface area contributed by atoms with Gasteiger partial charge in [-0.25, -0.2) is 0 Å². The quantitative estimate of drug-likeness (QED) is 0.626. The SMILES string of the molecule is C1CCC2SC2(C23CCCCCC2S3)CC1. The fourth-order valence-electron chi connectivity index (χ4n) is 4.42. The fraction of sp³-hybridized carbons (Fsp3) is 1.00. The molecule has 2 heterocycles. The van der Waals surface area contributed by atoms with Gasteiger partial charge >= 0.3 is 0 Å². The Balaban J connectivity index is 1.60. The van der Waals surface area contributed by atoms with Gasteiger partial charge in [0.2, 0.25) is 0 Å². The minimum Gasteiger partial charge on any atom is -0.148 e. The van der Waals surface area contributed by atoms with Crippen molar-refractivity contribution in [3.63, 3.8) is 0 Å². The average molecular weight is 254 g/mol. The molecule has 16 heavy (non-hydrogen) atoms. The normalized spacial score (nSPS) is 55.5. The van der Waals surface area contributed by atoms with Crippen LogP contribution in [-0.4, -0.2) is 20.0 Å². The summed E-state index contributed by atoms with van der Waals surface area (Å²) in [6.45, 7) is 0. The maximum atomic E-state index is 2.40. The first kappa shape index (κ1) is 10.6. The van der Waals surface area contributed by atoms with Crippen LogP contribution in [0.5, 0.6) is 0 Å². The molecule has 0 bridgehead atoms. The third-order valence-corrected chi connectivity index (χ3v) is 9.39. The van der Waals surface area contributed by atoms with Gasteiger partial charge in [0.05, 0.1) is 0 Å². The molecule has 4 fully saturated rings. The van der Waals surface area contributed by atoms with Crippen molar-refractivity contribution in [2.45, 2.75) is 84.2 Å². The van der Waals surface area contributed by atoms with Gasteiger partial charge < -0.3 is 0 Å². The van der Waals surface area contributed by atoms with Crippen LogP contribution < -0.4 is 0 Å². The molecule has 0 nitrogen and oxygen atoms in total. The van der Waals surface area contributed by atoms with E-state index in [0.29, 0.717) is 0 Å². The van der Waals surface area contributed by atoms with Crippen molar-refractivity contribution in [1.29, 1.82) is 0 Å². The summed E-state index contributed by atoms with van der Waals surface area (Å²) < 4.78 is 1.56. The third kappa shape index (κ3) is 1.32. The first-order chi connectivity index (χ1) is 7.87. The molecule has 2 aliphatic carbocycles. The molecule has 4 aliphatic rings. The molecule has 4 atom stereocenters. The summed E-state index contributed by atoms with van der Waals surface area (Å²) in [4.78, 5) is 0. The molecule has 2 saturated carbocycles. The third-order valence-electron chi connectivity index (χ3n) is 5.38. The second-order valence-corrected chi connectivity index (χ2v) is 9.26. The second kappa shape index (κ2) is 3.60. The number of fused-ring (bicyclic) bond motifs is 3. The summed E-state index contributed by atoms with van der Waals surface area (Å²) in [7, 11) is 0. The average Bonchev–Trinajstić information content (AvgIpc) is 3.08. The standard InChI is InChI=1S/C14H22S2/c1-3-7-11-13(15-11,9-5-1)14-10-6-2-4-8-12(14)16-14/h11-12H,1-10H2. The molecular weight excluding hydrogens is 232 g/mol. The monoisotopic (exact) mass is 254 g/mol. The van der Waals surface area contributed by atoms with Crippen LogP contribution in [0.1, 0.15) is 64.2 Å². The predicted octanol–water partition coefficient (Wildman–Crippen LogP) is 4.62. The lowest BCUT2D eigenvalue weighted by atomic mass is 9.81. The molecule has 4 unspecified atom stereocenters. The summed E-state index contributed by atoms with van der Waals surface area (Å²) in [6, 6.07) is 0. The summed E-state index contributed by atoms with van der Waals surface area (Å²) >= 11 is 4.79. The van der Waals surface area contributed by atoms with Crippen LogP contribution in [-0.2, 0) is 0 Å². The van der Waals surface area contributed by atoms with E-state index in [1.807, 2.05) is 0 Å². The molecule has 0 aromatic heterocycles. The first-order valence-corrected chi connectivity index (χ1v) is 8.99. The van der Waals surface area contributed by atoms with Gasteiger partial charge in [-0.3, -0.25) is 0 Å². The fourth-order valence-corrected chi connectivity index (χ4v) is 8.61. The van der Waals surface area contributed by atoms with E-state index >= 15 is 0 Å². The Kier molecular flexibility index (Phi) is 2.39. The van der Waals surface area contributed by atoms with Gasteiger partial charge in [0.25, 0.3) is 0 Å². The largest absolute Gasteiger partial charge is 0.148 e. The zero-order chi connectivity index (χ0) is 10.6. The Morgan fingerprint density at radius 2 is 1.12 bits per heavy atom. The number of rotatable bonds is 1. The van der Waals surface area contributed by atoms with Gasteiger partial charge in [-0.15, -0.1) is 23.5 Å². The van der Waals surface area contributed by atoms with E-state index in [1.54, 1.807) is 25.7 Å². The van der Waals surface area contributed by atoms with Gasteiger partial charge in [-0.2, -0.15) is 0 Å². The van der Waals surface area contributed by atoms with E-state index < -0.39 is 0 Å². The summed E-state index contributed by atoms with van der Waals surface area (Å²) in [6.07, 6.45) is 15.3. The van der Waals surface area contributed by atoms with E-state index in [2.05, 4.69) is 23.5 Å². The molecule has 90 valence electrons. The second-order valence-electron chi connectivity index (χ2n) is 6.19. The van der Waals surface area contributed by atoms with Crippen molar-refractivity contribution in [2.24, 2.45) is 0 Å².